The number of likely N-dealkylation sites (tertiary alicyclic amines) is 1. The number of nitrogens with one attached hydrogen (secondary N) is 1. The molecule has 150 valence electrons. The Balaban J connectivity index is 1.23. The molecule has 2 heterocycles. The molecule has 0 aliphatic carbocycles. The lowest BCUT2D eigenvalue weighted by atomic mass is 9.89. The monoisotopic (exact) mass is 411 g/mol. The number of halogens is 1. The molecule has 0 bridgehead atoms. The van der Waals surface area contributed by atoms with Crippen LogP contribution in [-0.2, 0) is 0 Å². The van der Waals surface area contributed by atoms with Crippen LogP contribution in [0.4, 0.5) is 4.39 Å². The number of ketones is 1. The van der Waals surface area contributed by atoms with Gasteiger partial charge in [0, 0.05) is 30.0 Å². The van der Waals surface area contributed by atoms with Gasteiger partial charge < -0.3 is 10.2 Å². The minimum Gasteiger partial charge on any atom is -0.349 e. The SMILES string of the molecule is O=C(NCCN1CCC(C(=O)c2ccc(F)cc2)CC1)c1nsc2ccccc12. The van der Waals surface area contributed by atoms with Gasteiger partial charge in [-0.25, -0.2) is 4.39 Å². The van der Waals surface area contributed by atoms with Gasteiger partial charge in [-0.05, 0) is 67.8 Å². The van der Waals surface area contributed by atoms with Gasteiger partial charge in [0.1, 0.15) is 11.5 Å². The van der Waals surface area contributed by atoms with Gasteiger partial charge >= 0.3 is 0 Å². The Labute approximate surface area is 172 Å². The van der Waals surface area contributed by atoms with Crippen LogP contribution in [0.25, 0.3) is 10.1 Å². The van der Waals surface area contributed by atoms with Gasteiger partial charge in [-0.1, -0.05) is 18.2 Å². The number of benzene rings is 2. The lowest BCUT2D eigenvalue weighted by Crippen LogP contribution is -2.41. The van der Waals surface area contributed by atoms with E-state index in [1.165, 1.54) is 23.7 Å². The molecule has 0 saturated carbocycles. The third kappa shape index (κ3) is 4.52. The third-order valence-corrected chi connectivity index (χ3v) is 6.22. The molecule has 5 nitrogen and oxygen atoms in total. The van der Waals surface area contributed by atoms with Gasteiger partial charge in [0.25, 0.3) is 5.91 Å². The third-order valence-electron chi connectivity index (χ3n) is 5.39. The molecule has 2 aromatic carbocycles. The summed E-state index contributed by atoms with van der Waals surface area (Å²) in [5.74, 6) is -0.408. The number of amides is 1. The van der Waals surface area contributed by atoms with Crippen molar-refractivity contribution in [2.75, 3.05) is 26.2 Å². The van der Waals surface area contributed by atoms with E-state index in [4.69, 9.17) is 0 Å². The molecule has 7 heteroatoms. The Morgan fingerprint density at radius 2 is 1.83 bits per heavy atom. The number of hydrogen-bond acceptors (Lipinski definition) is 5. The van der Waals surface area contributed by atoms with Gasteiger partial charge in [-0.2, -0.15) is 4.37 Å². The molecular formula is C22H22FN3O2S. The largest absolute Gasteiger partial charge is 0.349 e. The molecule has 1 saturated heterocycles. The van der Waals surface area contributed by atoms with Crippen LogP contribution in [0.15, 0.2) is 48.5 Å². The summed E-state index contributed by atoms with van der Waals surface area (Å²) in [5.41, 5.74) is 1.06. The number of fused-ring (bicyclic) bond motifs is 1. The second-order valence-electron chi connectivity index (χ2n) is 7.27. The molecule has 3 aromatic rings. The highest BCUT2D eigenvalue weighted by Crippen LogP contribution is 2.23. The van der Waals surface area contributed by atoms with E-state index in [9.17, 15) is 14.0 Å². The molecule has 1 amide bonds. The maximum Gasteiger partial charge on any atom is 0.271 e. The first kappa shape index (κ1) is 19.7. The smallest absolute Gasteiger partial charge is 0.271 e. The lowest BCUT2D eigenvalue weighted by Gasteiger charge is -2.31. The Bertz CT molecular complexity index is 1010. The second kappa shape index (κ2) is 8.80. The number of carbonyl (C=O) groups excluding carboxylic acids is 2. The van der Waals surface area contributed by atoms with E-state index in [1.54, 1.807) is 12.1 Å². The van der Waals surface area contributed by atoms with Crippen LogP contribution in [0.5, 0.6) is 0 Å². The van der Waals surface area contributed by atoms with Crippen molar-refractivity contribution in [2.45, 2.75) is 12.8 Å². The molecule has 0 atom stereocenters. The topological polar surface area (TPSA) is 62.3 Å². The van der Waals surface area contributed by atoms with Gasteiger partial charge in [0.2, 0.25) is 0 Å². The molecule has 4 rings (SSSR count). The van der Waals surface area contributed by atoms with Crippen molar-refractivity contribution in [1.29, 1.82) is 0 Å². The predicted octanol–water partition coefficient (Wildman–Crippen LogP) is 3.76. The molecule has 0 radical (unpaired) electrons. The molecular weight excluding hydrogens is 389 g/mol. The standard InChI is InChI=1S/C22H22FN3O2S/c23-17-7-5-15(6-8-17)21(27)16-9-12-26(13-10-16)14-11-24-22(28)20-18-3-1-2-4-19(18)29-25-20/h1-8,16H,9-14H2,(H,24,28). The number of nitrogens with zero attached hydrogens (tertiary/aromatic N) is 2. The number of hydrogen-bond donors (Lipinski definition) is 1. The zero-order valence-corrected chi connectivity index (χ0v) is 16.8. The Kier molecular flexibility index (Phi) is 5.97. The summed E-state index contributed by atoms with van der Waals surface area (Å²) in [7, 11) is 0. The average molecular weight is 412 g/mol. The summed E-state index contributed by atoms with van der Waals surface area (Å²) in [6.45, 7) is 2.91. The first-order chi connectivity index (χ1) is 14.1. The van der Waals surface area contributed by atoms with E-state index in [0.29, 0.717) is 17.8 Å². The number of Topliss-reactive ketones (excluding diaryl/α,β-unsaturated/α-hetero) is 1. The molecule has 1 N–H and O–H groups in total. The number of aromatic nitrogens is 1. The van der Waals surface area contributed by atoms with E-state index >= 15 is 0 Å². The fraction of sp³-hybridized carbons (Fsp3) is 0.318. The van der Waals surface area contributed by atoms with Gasteiger partial charge in [-0.15, -0.1) is 0 Å². The average Bonchev–Trinajstić information content (AvgIpc) is 3.18. The summed E-state index contributed by atoms with van der Waals surface area (Å²) in [6, 6.07) is 13.5. The molecule has 1 fully saturated rings. The molecule has 1 aliphatic heterocycles. The summed E-state index contributed by atoms with van der Waals surface area (Å²) >= 11 is 1.33. The maximum absolute atomic E-state index is 13.0. The van der Waals surface area contributed by atoms with Gasteiger partial charge in [0.05, 0.1) is 4.70 Å². The maximum atomic E-state index is 13.0. The molecule has 0 unspecified atom stereocenters. The lowest BCUT2D eigenvalue weighted by molar-refractivity contribution is 0.0839. The van der Waals surface area contributed by atoms with Crippen LogP contribution in [0.3, 0.4) is 0 Å². The number of rotatable bonds is 6. The van der Waals surface area contributed by atoms with Crippen molar-refractivity contribution in [3.05, 3.63) is 65.6 Å². The highest BCUT2D eigenvalue weighted by atomic mass is 32.1. The minimum absolute atomic E-state index is 0.0207. The Morgan fingerprint density at radius 3 is 2.59 bits per heavy atom. The van der Waals surface area contributed by atoms with Crippen LogP contribution in [-0.4, -0.2) is 47.1 Å². The van der Waals surface area contributed by atoms with Crippen LogP contribution in [0.2, 0.25) is 0 Å². The van der Waals surface area contributed by atoms with Crippen molar-refractivity contribution in [3.63, 3.8) is 0 Å². The quantitative estimate of drug-likeness (QED) is 0.628. The van der Waals surface area contributed by atoms with Crippen LogP contribution < -0.4 is 5.32 Å². The summed E-state index contributed by atoms with van der Waals surface area (Å²) in [5, 5.41) is 3.84. The summed E-state index contributed by atoms with van der Waals surface area (Å²) < 4.78 is 18.3. The molecule has 0 spiro atoms. The normalized spacial score (nSPS) is 15.5. The highest BCUT2D eigenvalue weighted by Gasteiger charge is 2.25. The number of carbonyl (C=O) groups is 2. The van der Waals surface area contributed by atoms with E-state index in [1.807, 2.05) is 24.3 Å². The Hall–Kier alpha value is -2.64. The van der Waals surface area contributed by atoms with Crippen molar-refractivity contribution in [2.24, 2.45) is 5.92 Å². The molecule has 1 aliphatic rings. The van der Waals surface area contributed by atoms with Crippen molar-refractivity contribution < 1.29 is 14.0 Å². The van der Waals surface area contributed by atoms with E-state index in [0.717, 1.165) is 42.6 Å². The van der Waals surface area contributed by atoms with Crippen molar-refractivity contribution in [3.8, 4) is 0 Å². The van der Waals surface area contributed by atoms with E-state index in [-0.39, 0.29) is 23.4 Å². The van der Waals surface area contributed by atoms with Gasteiger partial charge in [0.15, 0.2) is 5.78 Å². The predicted molar refractivity (Wildman–Crippen MR) is 112 cm³/mol. The fourth-order valence-electron chi connectivity index (χ4n) is 3.73. The van der Waals surface area contributed by atoms with E-state index < -0.39 is 0 Å². The number of piperidine rings is 1. The van der Waals surface area contributed by atoms with E-state index in [2.05, 4.69) is 14.6 Å². The molecule has 29 heavy (non-hydrogen) atoms. The summed E-state index contributed by atoms with van der Waals surface area (Å²) in [4.78, 5) is 27.2. The first-order valence-corrected chi connectivity index (χ1v) is 10.5. The fourth-order valence-corrected chi connectivity index (χ4v) is 4.50. The van der Waals surface area contributed by atoms with Crippen molar-refractivity contribution >= 4 is 33.3 Å². The Morgan fingerprint density at radius 1 is 1.10 bits per heavy atom. The highest BCUT2D eigenvalue weighted by molar-refractivity contribution is 7.13. The second-order valence-corrected chi connectivity index (χ2v) is 8.08. The zero-order chi connectivity index (χ0) is 20.2. The zero-order valence-electron chi connectivity index (χ0n) is 15.9. The van der Waals surface area contributed by atoms with Crippen LogP contribution in [0, 0.1) is 11.7 Å². The van der Waals surface area contributed by atoms with Crippen molar-refractivity contribution in [1.82, 2.24) is 14.6 Å². The molecule has 1 aromatic heterocycles. The minimum atomic E-state index is -0.330. The van der Waals surface area contributed by atoms with Crippen LogP contribution in [0.1, 0.15) is 33.7 Å². The van der Waals surface area contributed by atoms with Gasteiger partial charge in [-0.3, -0.25) is 9.59 Å². The first-order valence-electron chi connectivity index (χ1n) is 9.76. The summed E-state index contributed by atoms with van der Waals surface area (Å²) in [6.07, 6.45) is 1.56. The van der Waals surface area contributed by atoms with Crippen LogP contribution >= 0.6 is 11.5 Å².